The fraction of sp³-hybridized carbons (Fsp3) is 0.0625. The van der Waals surface area contributed by atoms with Crippen LogP contribution in [0.5, 0.6) is 0 Å². The van der Waals surface area contributed by atoms with Crippen molar-refractivity contribution in [2.45, 2.75) is 6.42 Å². The van der Waals surface area contributed by atoms with Gasteiger partial charge in [0.25, 0.3) is 5.91 Å². The number of hydrogen-bond donors (Lipinski definition) is 4. The Morgan fingerprint density at radius 1 is 1.17 bits per heavy atom. The standard InChI is InChI=1S/C16H16N4O3/c1-18-14-9-11(4-7-13(14)20-17)16(23)19-12-5-2-10(3-6-12)8-15(21)22/h2-7,9,20H,1,8,17H2,(H,19,23)(H,21,22). The monoisotopic (exact) mass is 312 g/mol. The van der Waals surface area contributed by atoms with Crippen LogP contribution < -0.4 is 16.6 Å². The minimum Gasteiger partial charge on any atom is -0.481 e. The summed E-state index contributed by atoms with van der Waals surface area (Å²) in [5.41, 5.74) is 5.14. The van der Waals surface area contributed by atoms with E-state index < -0.39 is 5.97 Å². The van der Waals surface area contributed by atoms with Crippen molar-refractivity contribution in [3.63, 3.8) is 0 Å². The highest BCUT2D eigenvalue weighted by molar-refractivity contribution is 6.05. The summed E-state index contributed by atoms with van der Waals surface area (Å²) >= 11 is 0. The highest BCUT2D eigenvalue weighted by Gasteiger charge is 2.09. The Balaban J connectivity index is 2.12. The fourth-order valence-electron chi connectivity index (χ4n) is 2.01. The number of nitrogens with zero attached hydrogens (tertiary/aromatic N) is 1. The Morgan fingerprint density at radius 2 is 1.87 bits per heavy atom. The Labute approximate surface area is 132 Å². The number of carbonyl (C=O) groups is 2. The molecule has 7 nitrogen and oxygen atoms in total. The topological polar surface area (TPSA) is 117 Å². The first kappa shape index (κ1) is 16.2. The van der Waals surface area contributed by atoms with Crippen molar-refractivity contribution in [1.82, 2.24) is 0 Å². The van der Waals surface area contributed by atoms with E-state index in [1.807, 2.05) is 0 Å². The molecule has 2 aromatic carbocycles. The summed E-state index contributed by atoms with van der Waals surface area (Å²) in [6, 6.07) is 11.4. The van der Waals surface area contributed by atoms with Crippen molar-refractivity contribution >= 4 is 35.7 Å². The lowest BCUT2D eigenvalue weighted by atomic mass is 10.1. The third-order valence-corrected chi connectivity index (χ3v) is 3.15. The van der Waals surface area contributed by atoms with Crippen LogP contribution in [0, 0.1) is 0 Å². The number of rotatable bonds is 6. The van der Waals surface area contributed by atoms with Gasteiger partial charge in [-0.1, -0.05) is 12.1 Å². The summed E-state index contributed by atoms with van der Waals surface area (Å²) in [5, 5.41) is 11.5. The summed E-state index contributed by atoms with van der Waals surface area (Å²) in [7, 11) is 0. The molecule has 0 heterocycles. The minimum atomic E-state index is -0.903. The van der Waals surface area contributed by atoms with E-state index in [4.69, 9.17) is 10.9 Å². The fourth-order valence-corrected chi connectivity index (χ4v) is 2.01. The van der Waals surface area contributed by atoms with Gasteiger partial charge < -0.3 is 15.8 Å². The van der Waals surface area contributed by atoms with Crippen LogP contribution in [0.15, 0.2) is 47.5 Å². The van der Waals surface area contributed by atoms with Crippen LogP contribution in [-0.2, 0) is 11.2 Å². The molecule has 0 aliphatic heterocycles. The third-order valence-electron chi connectivity index (χ3n) is 3.15. The number of carboxylic acids is 1. The van der Waals surface area contributed by atoms with E-state index in [-0.39, 0.29) is 12.3 Å². The van der Waals surface area contributed by atoms with Crippen LogP contribution >= 0.6 is 0 Å². The molecule has 118 valence electrons. The lowest BCUT2D eigenvalue weighted by molar-refractivity contribution is -0.136. The van der Waals surface area contributed by atoms with Gasteiger partial charge in [0, 0.05) is 11.3 Å². The highest BCUT2D eigenvalue weighted by Crippen LogP contribution is 2.25. The molecule has 2 rings (SSSR count). The lowest BCUT2D eigenvalue weighted by Crippen LogP contribution is -2.13. The number of hydrogen-bond acceptors (Lipinski definition) is 5. The van der Waals surface area contributed by atoms with Crippen LogP contribution in [0.3, 0.4) is 0 Å². The van der Waals surface area contributed by atoms with Gasteiger partial charge in [-0.2, -0.15) is 0 Å². The van der Waals surface area contributed by atoms with E-state index in [2.05, 4.69) is 22.5 Å². The normalized spacial score (nSPS) is 9.96. The van der Waals surface area contributed by atoms with Crippen molar-refractivity contribution in [3.05, 3.63) is 53.6 Å². The average Bonchev–Trinajstić information content (AvgIpc) is 2.55. The summed E-state index contributed by atoms with van der Waals surface area (Å²) in [4.78, 5) is 26.7. The average molecular weight is 312 g/mol. The molecule has 0 aliphatic carbocycles. The van der Waals surface area contributed by atoms with E-state index >= 15 is 0 Å². The Hall–Kier alpha value is -3.19. The molecule has 0 fully saturated rings. The van der Waals surface area contributed by atoms with Crippen LogP contribution in [0.25, 0.3) is 0 Å². The predicted octanol–water partition coefficient (Wildman–Crippen LogP) is 2.18. The quantitative estimate of drug-likeness (QED) is 0.370. The second kappa shape index (κ2) is 7.19. The molecule has 1 amide bonds. The van der Waals surface area contributed by atoms with E-state index in [0.717, 1.165) is 0 Å². The van der Waals surface area contributed by atoms with Crippen LogP contribution in [-0.4, -0.2) is 23.7 Å². The van der Waals surface area contributed by atoms with E-state index in [0.29, 0.717) is 28.2 Å². The molecular formula is C16H16N4O3. The number of nitrogens with one attached hydrogen (secondary N) is 2. The molecule has 0 radical (unpaired) electrons. The summed E-state index contributed by atoms with van der Waals surface area (Å²) in [6.07, 6.45) is -0.0594. The zero-order chi connectivity index (χ0) is 16.8. The van der Waals surface area contributed by atoms with E-state index in [1.54, 1.807) is 42.5 Å². The molecule has 0 spiro atoms. The van der Waals surface area contributed by atoms with Gasteiger partial charge in [0.15, 0.2) is 0 Å². The van der Waals surface area contributed by atoms with Gasteiger partial charge in [-0.25, -0.2) is 0 Å². The number of carbonyl (C=O) groups excluding carboxylic acids is 1. The second-order valence-corrected chi connectivity index (χ2v) is 4.76. The zero-order valence-electron chi connectivity index (χ0n) is 12.2. The number of benzene rings is 2. The van der Waals surface area contributed by atoms with Gasteiger partial charge in [-0.15, -0.1) is 0 Å². The number of aliphatic imine (C=N–C) groups is 1. The minimum absolute atomic E-state index is 0.0594. The Kier molecular flexibility index (Phi) is 5.06. The van der Waals surface area contributed by atoms with Crippen LogP contribution in [0.2, 0.25) is 0 Å². The number of nitrogen functional groups attached to an aromatic ring is 1. The first-order chi connectivity index (χ1) is 11.0. The molecule has 23 heavy (non-hydrogen) atoms. The molecule has 5 N–H and O–H groups in total. The predicted molar refractivity (Wildman–Crippen MR) is 89.2 cm³/mol. The van der Waals surface area contributed by atoms with Gasteiger partial charge in [-0.05, 0) is 42.6 Å². The van der Waals surface area contributed by atoms with E-state index in [9.17, 15) is 9.59 Å². The highest BCUT2D eigenvalue weighted by atomic mass is 16.4. The maximum absolute atomic E-state index is 12.2. The van der Waals surface area contributed by atoms with Crippen LogP contribution in [0.4, 0.5) is 17.1 Å². The number of hydrazine groups is 1. The molecule has 7 heteroatoms. The van der Waals surface area contributed by atoms with Crippen molar-refractivity contribution in [2.75, 3.05) is 10.7 Å². The summed E-state index contributed by atoms with van der Waals surface area (Å²) in [5.74, 6) is 4.13. The van der Waals surface area contributed by atoms with Gasteiger partial charge >= 0.3 is 5.97 Å². The maximum atomic E-state index is 12.2. The second-order valence-electron chi connectivity index (χ2n) is 4.76. The number of aliphatic carboxylic acids is 1. The summed E-state index contributed by atoms with van der Waals surface area (Å²) < 4.78 is 0. The van der Waals surface area contributed by atoms with Gasteiger partial charge in [0.1, 0.15) is 0 Å². The first-order valence-electron chi connectivity index (χ1n) is 6.73. The number of carboxylic acid groups (broad SMARTS) is 1. The van der Waals surface area contributed by atoms with Gasteiger partial charge in [0.05, 0.1) is 17.8 Å². The lowest BCUT2D eigenvalue weighted by Gasteiger charge is -2.09. The molecule has 0 saturated carbocycles. The largest absolute Gasteiger partial charge is 0.481 e. The zero-order valence-corrected chi connectivity index (χ0v) is 12.2. The van der Waals surface area contributed by atoms with Crippen molar-refractivity contribution in [2.24, 2.45) is 10.8 Å². The third kappa shape index (κ3) is 4.14. The number of amides is 1. The number of nitrogens with two attached hydrogens (primary N) is 1. The van der Waals surface area contributed by atoms with E-state index in [1.165, 1.54) is 0 Å². The molecule has 0 bridgehead atoms. The van der Waals surface area contributed by atoms with Crippen molar-refractivity contribution in [1.29, 1.82) is 0 Å². The molecule has 2 aromatic rings. The maximum Gasteiger partial charge on any atom is 0.307 e. The Bertz CT molecular complexity index is 741. The smallest absolute Gasteiger partial charge is 0.307 e. The first-order valence-corrected chi connectivity index (χ1v) is 6.73. The van der Waals surface area contributed by atoms with Gasteiger partial charge in [0.2, 0.25) is 0 Å². The van der Waals surface area contributed by atoms with Crippen molar-refractivity contribution in [3.8, 4) is 0 Å². The van der Waals surface area contributed by atoms with Gasteiger partial charge in [-0.3, -0.25) is 20.4 Å². The molecule has 0 atom stereocenters. The molecule has 0 aliphatic rings. The number of anilines is 2. The molecule has 0 saturated heterocycles. The van der Waals surface area contributed by atoms with Crippen LogP contribution in [0.1, 0.15) is 15.9 Å². The SMILES string of the molecule is C=Nc1cc(C(=O)Nc2ccc(CC(=O)O)cc2)ccc1NN. The van der Waals surface area contributed by atoms with Crippen molar-refractivity contribution < 1.29 is 14.7 Å². The Morgan fingerprint density at radius 3 is 2.43 bits per heavy atom. The molecule has 0 unspecified atom stereocenters. The molecular weight excluding hydrogens is 296 g/mol. The summed E-state index contributed by atoms with van der Waals surface area (Å²) in [6.45, 7) is 3.43. The molecule has 0 aromatic heterocycles.